The summed E-state index contributed by atoms with van der Waals surface area (Å²) in [5.74, 6) is -0.313. The maximum atomic E-state index is 12.1. The minimum absolute atomic E-state index is 0.326. The van der Waals surface area contributed by atoms with Crippen LogP contribution in [-0.2, 0) is 4.79 Å². The van der Waals surface area contributed by atoms with Gasteiger partial charge in [0.05, 0.1) is 0 Å². The lowest BCUT2D eigenvalue weighted by atomic mass is 10.2. The molecule has 0 spiro atoms. The van der Waals surface area contributed by atoms with Gasteiger partial charge in [-0.25, -0.2) is 15.0 Å². The number of benzene rings is 2. The van der Waals surface area contributed by atoms with Crippen molar-refractivity contribution in [1.82, 2.24) is 15.8 Å². The number of carbonyl (C=O) groups is 3. The zero-order valence-electron chi connectivity index (χ0n) is 14.4. The van der Waals surface area contributed by atoms with Crippen LogP contribution in [0.3, 0.4) is 0 Å². The summed E-state index contributed by atoms with van der Waals surface area (Å²) >= 11 is 0. The van der Waals surface area contributed by atoms with E-state index in [9.17, 15) is 14.4 Å². The molecule has 140 valence electrons. The number of aliphatic carboxylic acids is 1. The predicted molar refractivity (Wildman–Crippen MR) is 96.3 cm³/mol. The fraction of sp³-hybridized carbons (Fsp3) is 0.211. The van der Waals surface area contributed by atoms with Gasteiger partial charge in [0.25, 0.3) is 5.91 Å². The highest BCUT2D eigenvalue weighted by molar-refractivity contribution is 5.95. The number of urea groups is 1. The largest absolute Gasteiger partial charge is 0.480 e. The van der Waals surface area contributed by atoms with Crippen molar-refractivity contribution in [3.63, 3.8) is 0 Å². The Balaban J connectivity index is 1.53. The Bertz CT molecular complexity index is 823. The van der Waals surface area contributed by atoms with Gasteiger partial charge in [0.2, 0.25) is 0 Å². The van der Waals surface area contributed by atoms with E-state index >= 15 is 0 Å². The molecule has 1 saturated heterocycles. The molecule has 2 aromatic carbocycles. The summed E-state index contributed by atoms with van der Waals surface area (Å²) < 4.78 is 5.65. The molecule has 3 N–H and O–H groups in total. The highest BCUT2D eigenvalue weighted by Crippen LogP contribution is 2.21. The fourth-order valence-electron chi connectivity index (χ4n) is 2.82. The number of carboxylic acid groups (broad SMARTS) is 1. The van der Waals surface area contributed by atoms with Crippen molar-refractivity contribution in [2.45, 2.75) is 18.9 Å². The number of rotatable bonds is 4. The van der Waals surface area contributed by atoms with Gasteiger partial charge in [0.1, 0.15) is 17.5 Å². The summed E-state index contributed by atoms with van der Waals surface area (Å²) in [5.41, 5.74) is 4.87. The van der Waals surface area contributed by atoms with Gasteiger partial charge in [-0.05, 0) is 49.2 Å². The predicted octanol–water partition coefficient (Wildman–Crippen LogP) is 2.38. The van der Waals surface area contributed by atoms with E-state index in [1.165, 1.54) is 4.90 Å². The summed E-state index contributed by atoms with van der Waals surface area (Å²) in [6, 6.07) is 14.1. The zero-order chi connectivity index (χ0) is 19.2. The van der Waals surface area contributed by atoms with E-state index in [1.807, 2.05) is 30.3 Å². The van der Waals surface area contributed by atoms with Crippen LogP contribution in [0.15, 0.2) is 54.6 Å². The van der Waals surface area contributed by atoms with E-state index in [0.717, 1.165) is 0 Å². The SMILES string of the molecule is O=C(NNC(=O)N1CCC[C@H]1C(=O)O)c1ccc(Oc2ccccc2)cc1. The molecule has 27 heavy (non-hydrogen) atoms. The Morgan fingerprint density at radius 3 is 2.30 bits per heavy atom. The molecule has 0 bridgehead atoms. The van der Waals surface area contributed by atoms with Gasteiger partial charge in [-0.3, -0.25) is 10.2 Å². The number of nitrogens with one attached hydrogen (secondary N) is 2. The van der Waals surface area contributed by atoms with Crippen LogP contribution in [0.4, 0.5) is 4.79 Å². The van der Waals surface area contributed by atoms with Crippen LogP contribution < -0.4 is 15.6 Å². The van der Waals surface area contributed by atoms with Crippen LogP contribution in [0.25, 0.3) is 0 Å². The van der Waals surface area contributed by atoms with Gasteiger partial charge in [-0.15, -0.1) is 0 Å². The maximum absolute atomic E-state index is 12.1. The fourth-order valence-corrected chi connectivity index (χ4v) is 2.82. The molecule has 3 amide bonds. The van der Waals surface area contributed by atoms with Crippen LogP contribution in [0.2, 0.25) is 0 Å². The number of nitrogens with zero attached hydrogens (tertiary/aromatic N) is 1. The van der Waals surface area contributed by atoms with Gasteiger partial charge in [0.15, 0.2) is 0 Å². The molecule has 8 nitrogen and oxygen atoms in total. The second-order valence-electron chi connectivity index (χ2n) is 6.01. The maximum Gasteiger partial charge on any atom is 0.336 e. The Morgan fingerprint density at radius 1 is 0.963 bits per heavy atom. The summed E-state index contributed by atoms with van der Waals surface area (Å²) in [4.78, 5) is 36.5. The first kappa shape index (κ1) is 18.2. The average molecular weight is 369 g/mol. The molecule has 1 fully saturated rings. The summed E-state index contributed by atoms with van der Waals surface area (Å²) in [6.07, 6.45) is 1.01. The molecule has 1 aliphatic rings. The van der Waals surface area contributed by atoms with Crippen LogP contribution in [-0.4, -0.2) is 40.5 Å². The van der Waals surface area contributed by atoms with Crippen LogP contribution in [0.5, 0.6) is 11.5 Å². The minimum atomic E-state index is -1.05. The quantitative estimate of drug-likeness (QED) is 0.717. The lowest BCUT2D eigenvalue weighted by Gasteiger charge is -2.21. The number of carbonyl (C=O) groups excluding carboxylic acids is 2. The number of hydrogen-bond acceptors (Lipinski definition) is 4. The molecule has 0 saturated carbocycles. The highest BCUT2D eigenvalue weighted by atomic mass is 16.5. The zero-order valence-corrected chi connectivity index (χ0v) is 14.4. The lowest BCUT2D eigenvalue weighted by Crippen LogP contribution is -2.51. The number of hydrazine groups is 1. The Kier molecular flexibility index (Phi) is 5.55. The monoisotopic (exact) mass is 369 g/mol. The van der Waals surface area contributed by atoms with E-state index in [-0.39, 0.29) is 0 Å². The number of hydrogen-bond donors (Lipinski definition) is 3. The smallest absolute Gasteiger partial charge is 0.336 e. The van der Waals surface area contributed by atoms with E-state index in [2.05, 4.69) is 10.9 Å². The molecule has 3 rings (SSSR count). The summed E-state index contributed by atoms with van der Waals surface area (Å²) in [5, 5.41) is 9.10. The molecule has 0 aromatic heterocycles. The van der Waals surface area contributed by atoms with Gasteiger partial charge >= 0.3 is 12.0 Å². The standard InChI is InChI=1S/C19H19N3O5/c23-17(20-21-19(26)22-12-4-7-16(22)18(24)25)13-8-10-15(11-9-13)27-14-5-2-1-3-6-14/h1-3,5-6,8-11,16H,4,7,12H2,(H,20,23)(H,21,26)(H,24,25)/t16-/m0/s1. The van der Waals surface area contributed by atoms with Crippen molar-refractivity contribution in [2.24, 2.45) is 0 Å². The lowest BCUT2D eigenvalue weighted by molar-refractivity contribution is -0.141. The molecule has 2 aromatic rings. The molecule has 0 unspecified atom stereocenters. The summed E-state index contributed by atoms with van der Waals surface area (Å²) in [6.45, 7) is 0.337. The molecule has 1 atom stereocenters. The van der Waals surface area contributed by atoms with Gasteiger partial charge in [-0.1, -0.05) is 18.2 Å². The molecule has 1 heterocycles. The van der Waals surface area contributed by atoms with Gasteiger partial charge in [-0.2, -0.15) is 0 Å². The van der Waals surface area contributed by atoms with Crippen molar-refractivity contribution in [1.29, 1.82) is 0 Å². The first-order chi connectivity index (χ1) is 13.0. The first-order valence-corrected chi connectivity index (χ1v) is 8.47. The highest BCUT2D eigenvalue weighted by Gasteiger charge is 2.34. The second-order valence-corrected chi connectivity index (χ2v) is 6.01. The number of ether oxygens (including phenoxy) is 1. The normalized spacial score (nSPS) is 15.9. The van der Waals surface area contributed by atoms with Crippen LogP contribution in [0, 0.1) is 0 Å². The van der Waals surface area contributed by atoms with Crippen molar-refractivity contribution >= 4 is 17.9 Å². The van der Waals surface area contributed by atoms with Crippen molar-refractivity contribution < 1.29 is 24.2 Å². The number of likely N-dealkylation sites (tertiary alicyclic amines) is 1. The van der Waals surface area contributed by atoms with Crippen LogP contribution >= 0.6 is 0 Å². The van der Waals surface area contributed by atoms with E-state index in [4.69, 9.17) is 9.84 Å². The van der Waals surface area contributed by atoms with Crippen molar-refractivity contribution in [3.8, 4) is 11.5 Å². The number of carboxylic acids is 1. The minimum Gasteiger partial charge on any atom is -0.480 e. The average Bonchev–Trinajstić information content (AvgIpc) is 3.17. The van der Waals surface area contributed by atoms with E-state index in [0.29, 0.717) is 36.4 Å². The molecular weight excluding hydrogens is 350 g/mol. The molecular formula is C19H19N3O5. The molecule has 0 radical (unpaired) electrons. The third-order valence-electron chi connectivity index (χ3n) is 4.18. The van der Waals surface area contributed by atoms with Crippen molar-refractivity contribution in [2.75, 3.05) is 6.54 Å². The number of para-hydroxylation sites is 1. The van der Waals surface area contributed by atoms with Crippen LogP contribution in [0.1, 0.15) is 23.2 Å². The Morgan fingerprint density at radius 2 is 1.63 bits per heavy atom. The molecule has 0 aliphatic carbocycles. The Hall–Kier alpha value is -3.55. The van der Waals surface area contributed by atoms with E-state index in [1.54, 1.807) is 24.3 Å². The van der Waals surface area contributed by atoms with E-state index < -0.39 is 23.9 Å². The number of amides is 3. The van der Waals surface area contributed by atoms with Gasteiger partial charge in [0, 0.05) is 12.1 Å². The van der Waals surface area contributed by atoms with Gasteiger partial charge < -0.3 is 14.7 Å². The first-order valence-electron chi connectivity index (χ1n) is 8.47. The summed E-state index contributed by atoms with van der Waals surface area (Å²) in [7, 11) is 0. The molecule has 1 aliphatic heterocycles. The second kappa shape index (κ2) is 8.22. The third-order valence-corrected chi connectivity index (χ3v) is 4.18. The third kappa shape index (κ3) is 4.55. The Labute approximate surface area is 155 Å². The van der Waals surface area contributed by atoms with Crippen molar-refractivity contribution in [3.05, 3.63) is 60.2 Å². The topological polar surface area (TPSA) is 108 Å². The molecule has 8 heteroatoms.